The average molecular weight is 265 g/mol. The van der Waals surface area contributed by atoms with E-state index in [0.29, 0.717) is 0 Å². The van der Waals surface area contributed by atoms with Crippen LogP contribution in [0.15, 0.2) is 17.1 Å². The Morgan fingerprint density at radius 3 is 3.00 bits per heavy atom. The van der Waals surface area contributed by atoms with Crippen LogP contribution in [0.4, 0.5) is 0 Å². The number of carbonyl (C=O) groups is 1. The molecule has 0 saturated carbocycles. The predicted molar refractivity (Wildman–Crippen MR) is 72.4 cm³/mol. The Bertz CT molecular complexity index is 409. The number of piperidine rings is 1. The highest BCUT2D eigenvalue weighted by Gasteiger charge is 2.28. The zero-order chi connectivity index (χ0) is 13.9. The lowest BCUT2D eigenvalue weighted by Crippen LogP contribution is -2.48. The molecule has 1 unspecified atom stereocenters. The third kappa shape index (κ3) is 4.35. The van der Waals surface area contributed by atoms with Crippen LogP contribution >= 0.6 is 0 Å². The zero-order valence-corrected chi connectivity index (χ0v) is 12.0. The van der Waals surface area contributed by atoms with Gasteiger partial charge in [0.05, 0.1) is 11.6 Å². The van der Waals surface area contributed by atoms with Gasteiger partial charge in [-0.1, -0.05) is 0 Å². The van der Waals surface area contributed by atoms with Crippen LogP contribution in [0.5, 0.6) is 0 Å². The van der Waals surface area contributed by atoms with Gasteiger partial charge in [0.15, 0.2) is 6.39 Å². The van der Waals surface area contributed by atoms with Gasteiger partial charge < -0.3 is 9.73 Å². The monoisotopic (exact) mass is 265 g/mol. The van der Waals surface area contributed by atoms with E-state index in [1.165, 1.54) is 6.39 Å². The standard InChI is InChI=1S/C14H23N3O2/c1-14(2,3)16-13(18)11-5-4-6-17(7-11)8-12-9-19-10-15-12/h9-11H,4-8H2,1-3H3,(H,16,18). The lowest BCUT2D eigenvalue weighted by Gasteiger charge is -2.33. The van der Waals surface area contributed by atoms with Crippen molar-refractivity contribution in [3.8, 4) is 0 Å². The van der Waals surface area contributed by atoms with Crippen molar-refractivity contribution in [2.45, 2.75) is 45.7 Å². The summed E-state index contributed by atoms with van der Waals surface area (Å²) in [6.07, 6.45) is 5.14. The summed E-state index contributed by atoms with van der Waals surface area (Å²) in [5, 5.41) is 3.07. The molecule has 0 aromatic carbocycles. The lowest BCUT2D eigenvalue weighted by atomic mass is 9.95. The topological polar surface area (TPSA) is 58.4 Å². The molecule has 1 aromatic heterocycles. The average Bonchev–Trinajstić information content (AvgIpc) is 2.80. The quantitative estimate of drug-likeness (QED) is 0.905. The molecule has 106 valence electrons. The zero-order valence-electron chi connectivity index (χ0n) is 12.0. The van der Waals surface area contributed by atoms with Gasteiger partial charge in [-0.15, -0.1) is 0 Å². The summed E-state index contributed by atoms with van der Waals surface area (Å²) in [7, 11) is 0. The van der Waals surface area contributed by atoms with Crippen molar-refractivity contribution in [2.75, 3.05) is 13.1 Å². The first-order valence-corrected chi connectivity index (χ1v) is 6.85. The maximum atomic E-state index is 12.2. The molecule has 1 saturated heterocycles. The number of hydrogen-bond acceptors (Lipinski definition) is 4. The fourth-order valence-electron chi connectivity index (χ4n) is 2.43. The van der Waals surface area contributed by atoms with Crippen molar-refractivity contribution in [1.82, 2.24) is 15.2 Å². The highest BCUT2D eigenvalue weighted by atomic mass is 16.3. The van der Waals surface area contributed by atoms with Crippen molar-refractivity contribution >= 4 is 5.91 Å². The first-order chi connectivity index (χ1) is 8.94. The van der Waals surface area contributed by atoms with E-state index < -0.39 is 0 Å². The van der Waals surface area contributed by atoms with Gasteiger partial charge >= 0.3 is 0 Å². The largest absolute Gasteiger partial charge is 0.451 e. The van der Waals surface area contributed by atoms with Gasteiger partial charge in [-0.2, -0.15) is 0 Å². The minimum atomic E-state index is -0.161. The summed E-state index contributed by atoms with van der Waals surface area (Å²) in [6.45, 7) is 8.62. The van der Waals surface area contributed by atoms with Crippen LogP contribution in [0.3, 0.4) is 0 Å². The second-order valence-corrected chi connectivity index (χ2v) is 6.29. The summed E-state index contributed by atoms with van der Waals surface area (Å²) in [4.78, 5) is 18.6. The molecule has 1 amide bonds. The Hall–Kier alpha value is -1.36. The number of amides is 1. The molecule has 19 heavy (non-hydrogen) atoms. The van der Waals surface area contributed by atoms with Crippen molar-refractivity contribution < 1.29 is 9.21 Å². The Balaban J connectivity index is 1.88. The molecule has 2 rings (SSSR count). The van der Waals surface area contributed by atoms with E-state index >= 15 is 0 Å². The van der Waals surface area contributed by atoms with E-state index in [4.69, 9.17) is 4.42 Å². The van der Waals surface area contributed by atoms with Crippen LogP contribution in [0.1, 0.15) is 39.3 Å². The number of hydrogen-bond donors (Lipinski definition) is 1. The van der Waals surface area contributed by atoms with Crippen molar-refractivity contribution in [1.29, 1.82) is 0 Å². The molecule has 5 nitrogen and oxygen atoms in total. The highest BCUT2D eigenvalue weighted by molar-refractivity contribution is 5.79. The van der Waals surface area contributed by atoms with Crippen LogP contribution in [0, 0.1) is 5.92 Å². The highest BCUT2D eigenvalue weighted by Crippen LogP contribution is 2.19. The fraction of sp³-hybridized carbons (Fsp3) is 0.714. The molecule has 2 heterocycles. The Morgan fingerprint density at radius 1 is 1.58 bits per heavy atom. The Morgan fingerprint density at radius 2 is 2.37 bits per heavy atom. The van der Waals surface area contributed by atoms with Crippen molar-refractivity contribution in [2.24, 2.45) is 5.92 Å². The minimum absolute atomic E-state index is 0.0832. The fourth-order valence-corrected chi connectivity index (χ4v) is 2.43. The molecule has 0 spiro atoms. The molecule has 5 heteroatoms. The van der Waals surface area contributed by atoms with Gasteiger partial charge in [0.25, 0.3) is 0 Å². The summed E-state index contributed by atoms with van der Waals surface area (Å²) in [6, 6.07) is 0. The normalized spacial score (nSPS) is 21.3. The smallest absolute Gasteiger partial charge is 0.224 e. The first-order valence-electron chi connectivity index (χ1n) is 6.85. The second kappa shape index (κ2) is 5.74. The van der Waals surface area contributed by atoms with Gasteiger partial charge in [-0.25, -0.2) is 4.98 Å². The van der Waals surface area contributed by atoms with Gasteiger partial charge in [0.1, 0.15) is 6.26 Å². The van der Waals surface area contributed by atoms with Crippen LogP contribution < -0.4 is 5.32 Å². The third-order valence-electron chi connectivity index (χ3n) is 3.24. The molecule has 1 aromatic rings. The van der Waals surface area contributed by atoms with Gasteiger partial charge in [-0.05, 0) is 40.2 Å². The first kappa shape index (κ1) is 14.1. The van der Waals surface area contributed by atoms with E-state index in [1.54, 1.807) is 6.26 Å². The summed E-state index contributed by atoms with van der Waals surface area (Å²) >= 11 is 0. The maximum absolute atomic E-state index is 12.2. The van der Waals surface area contributed by atoms with Crippen LogP contribution in [0.25, 0.3) is 0 Å². The lowest BCUT2D eigenvalue weighted by molar-refractivity contribution is -0.128. The molecule has 1 aliphatic rings. The van der Waals surface area contributed by atoms with E-state index in [9.17, 15) is 4.79 Å². The minimum Gasteiger partial charge on any atom is -0.451 e. The summed E-state index contributed by atoms with van der Waals surface area (Å²) in [5.74, 6) is 0.247. The molecular formula is C14H23N3O2. The number of aromatic nitrogens is 1. The summed E-state index contributed by atoms with van der Waals surface area (Å²) in [5.41, 5.74) is 0.766. The molecule has 0 bridgehead atoms. The maximum Gasteiger partial charge on any atom is 0.224 e. The van der Waals surface area contributed by atoms with E-state index in [-0.39, 0.29) is 17.4 Å². The predicted octanol–water partition coefficient (Wildman–Crippen LogP) is 1.80. The van der Waals surface area contributed by atoms with Crippen LogP contribution in [-0.4, -0.2) is 34.4 Å². The van der Waals surface area contributed by atoms with E-state index in [2.05, 4.69) is 15.2 Å². The van der Waals surface area contributed by atoms with Crippen LogP contribution in [-0.2, 0) is 11.3 Å². The SMILES string of the molecule is CC(C)(C)NC(=O)C1CCCN(Cc2cocn2)C1. The second-order valence-electron chi connectivity index (χ2n) is 6.29. The molecule has 0 aliphatic carbocycles. The van der Waals surface area contributed by atoms with Gasteiger partial charge in [0.2, 0.25) is 5.91 Å². The molecule has 0 radical (unpaired) electrons. The number of nitrogens with one attached hydrogen (secondary N) is 1. The molecule has 1 fully saturated rings. The molecular weight excluding hydrogens is 242 g/mol. The van der Waals surface area contributed by atoms with Gasteiger partial charge in [0, 0.05) is 18.6 Å². The van der Waals surface area contributed by atoms with Crippen LogP contribution in [0.2, 0.25) is 0 Å². The Kier molecular flexibility index (Phi) is 4.24. The number of rotatable bonds is 3. The Labute approximate surface area is 114 Å². The molecule has 1 N–H and O–H groups in total. The molecule has 1 atom stereocenters. The van der Waals surface area contributed by atoms with E-state index in [0.717, 1.165) is 38.2 Å². The van der Waals surface area contributed by atoms with Crippen molar-refractivity contribution in [3.63, 3.8) is 0 Å². The van der Waals surface area contributed by atoms with Gasteiger partial charge in [-0.3, -0.25) is 9.69 Å². The number of nitrogens with zero attached hydrogens (tertiary/aromatic N) is 2. The number of likely N-dealkylation sites (tertiary alicyclic amines) is 1. The number of carbonyl (C=O) groups excluding carboxylic acids is 1. The van der Waals surface area contributed by atoms with Crippen molar-refractivity contribution in [3.05, 3.63) is 18.4 Å². The van der Waals surface area contributed by atoms with E-state index in [1.807, 2.05) is 20.8 Å². The summed E-state index contributed by atoms with van der Waals surface area (Å²) < 4.78 is 4.98. The number of oxazole rings is 1. The third-order valence-corrected chi connectivity index (χ3v) is 3.24. The molecule has 1 aliphatic heterocycles.